The zero-order valence-corrected chi connectivity index (χ0v) is 16.0. The molecule has 1 aromatic heterocycles. The molecular formula is C18H15N3O5S2. The molecule has 4 rings (SSSR count). The van der Waals surface area contributed by atoms with Crippen LogP contribution in [0.1, 0.15) is 10.4 Å². The predicted octanol–water partition coefficient (Wildman–Crippen LogP) is 1.30. The Morgan fingerprint density at radius 2 is 2.18 bits per heavy atom. The largest absolute Gasteiger partial charge is 0.493 e. The number of benzene rings is 1. The Morgan fingerprint density at radius 1 is 1.39 bits per heavy atom. The van der Waals surface area contributed by atoms with Gasteiger partial charge in [0.25, 0.3) is 0 Å². The Balaban J connectivity index is 1.53. The number of para-hydroxylation sites is 1. The molecule has 0 saturated heterocycles. The second-order valence-corrected chi connectivity index (χ2v) is 9.27. The average molecular weight is 417 g/mol. The molecule has 0 radical (unpaired) electrons. The van der Waals surface area contributed by atoms with E-state index in [1.54, 1.807) is 12.3 Å². The minimum atomic E-state index is -3.30. The second-order valence-electron chi connectivity index (χ2n) is 6.35. The third-order valence-corrected chi connectivity index (χ3v) is 6.63. The molecule has 1 unspecified atom stereocenters. The van der Waals surface area contributed by atoms with Gasteiger partial charge in [-0.3, -0.25) is 19.1 Å². The average Bonchev–Trinajstić information content (AvgIpc) is 3.28. The number of nitrogens with one attached hydrogen (secondary N) is 1. The van der Waals surface area contributed by atoms with Crippen LogP contribution in [0.25, 0.3) is 11.6 Å². The number of aromatic nitrogens is 1. The molecule has 2 aliphatic rings. The number of sulfone groups is 1. The lowest BCUT2D eigenvalue weighted by Crippen LogP contribution is -2.38. The molecule has 1 aromatic carbocycles. The van der Waals surface area contributed by atoms with Gasteiger partial charge in [0.1, 0.15) is 6.54 Å². The van der Waals surface area contributed by atoms with Crippen molar-refractivity contribution < 1.29 is 18.3 Å². The first-order chi connectivity index (χ1) is 13.3. The lowest BCUT2D eigenvalue weighted by Gasteiger charge is -2.10. The molecule has 3 heterocycles. The van der Waals surface area contributed by atoms with Crippen molar-refractivity contribution in [3.8, 4) is 5.88 Å². The van der Waals surface area contributed by atoms with E-state index in [4.69, 9.17) is 0 Å². The van der Waals surface area contributed by atoms with Crippen molar-refractivity contribution in [2.75, 3.05) is 5.75 Å². The fourth-order valence-electron chi connectivity index (χ4n) is 3.00. The van der Waals surface area contributed by atoms with Crippen molar-refractivity contribution in [2.45, 2.75) is 12.6 Å². The first-order valence-electron chi connectivity index (χ1n) is 8.30. The molecular weight excluding hydrogens is 402 g/mol. The molecule has 2 aliphatic heterocycles. The highest BCUT2D eigenvalue weighted by atomic mass is 32.2. The van der Waals surface area contributed by atoms with Crippen LogP contribution in [0.4, 0.5) is 5.69 Å². The Hall–Kier alpha value is -2.98. The number of amides is 1. The Morgan fingerprint density at radius 3 is 2.93 bits per heavy atom. The van der Waals surface area contributed by atoms with Crippen LogP contribution in [0, 0.1) is 0 Å². The highest BCUT2D eigenvalue weighted by Gasteiger charge is 2.24. The number of carbonyl (C=O) groups is 1. The van der Waals surface area contributed by atoms with Crippen molar-refractivity contribution in [2.24, 2.45) is 4.99 Å². The molecule has 1 atom stereocenters. The third kappa shape index (κ3) is 3.56. The van der Waals surface area contributed by atoms with Crippen LogP contribution in [-0.2, 0) is 21.2 Å². The van der Waals surface area contributed by atoms with Gasteiger partial charge in [0.2, 0.25) is 11.8 Å². The smallest absolute Gasteiger partial charge is 0.311 e. The monoisotopic (exact) mass is 417 g/mol. The molecule has 10 heteroatoms. The van der Waals surface area contributed by atoms with Gasteiger partial charge in [-0.25, -0.2) is 8.42 Å². The number of hydrogen-bond donors (Lipinski definition) is 2. The summed E-state index contributed by atoms with van der Waals surface area (Å²) >= 11 is 0.816. The number of fused-ring (bicyclic) bond motifs is 1. The van der Waals surface area contributed by atoms with Gasteiger partial charge in [-0.15, -0.1) is 0 Å². The fraction of sp³-hybridized carbons (Fsp3) is 0.167. The van der Waals surface area contributed by atoms with Crippen LogP contribution in [0.15, 0.2) is 45.5 Å². The van der Waals surface area contributed by atoms with Gasteiger partial charge in [-0.2, -0.15) is 0 Å². The van der Waals surface area contributed by atoms with Crippen molar-refractivity contribution in [1.82, 2.24) is 9.88 Å². The zero-order chi connectivity index (χ0) is 19.9. The summed E-state index contributed by atoms with van der Waals surface area (Å²) in [5.41, 5.74) is 2.45. The molecule has 0 bridgehead atoms. The van der Waals surface area contributed by atoms with E-state index in [2.05, 4.69) is 10.3 Å². The maximum Gasteiger partial charge on any atom is 0.311 e. The SMILES string of the molecule is O=C(Cn1c(O)c(/C=C2\C=Nc3ccccc32)sc1=O)NC1C=CS(=O)(=O)C1. The van der Waals surface area contributed by atoms with Crippen molar-refractivity contribution in [3.05, 3.63) is 55.9 Å². The van der Waals surface area contributed by atoms with Crippen molar-refractivity contribution in [3.63, 3.8) is 0 Å². The summed E-state index contributed by atoms with van der Waals surface area (Å²) in [6, 6.07) is 6.86. The van der Waals surface area contributed by atoms with E-state index in [1.807, 2.05) is 24.3 Å². The van der Waals surface area contributed by atoms with Gasteiger partial charge >= 0.3 is 4.87 Å². The summed E-state index contributed by atoms with van der Waals surface area (Å²) in [5, 5.41) is 14.0. The molecule has 28 heavy (non-hydrogen) atoms. The number of aliphatic imine (C=N–C) groups is 1. The van der Waals surface area contributed by atoms with Crippen molar-refractivity contribution in [1.29, 1.82) is 0 Å². The highest BCUT2D eigenvalue weighted by Crippen LogP contribution is 2.34. The molecule has 1 amide bonds. The summed E-state index contributed by atoms with van der Waals surface area (Å²) in [5.74, 6) is -1.08. The second kappa shape index (κ2) is 6.88. The molecule has 0 aliphatic carbocycles. The number of nitrogens with zero attached hydrogens (tertiary/aromatic N) is 2. The van der Waals surface area contributed by atoms with Gasteiger partial charge < -0.3 is 10.4 Å². The Bertz CT molecular complexity index is 1220. The van der Waals surface area contributed by atoms with Crippen LogP contribution in [0.3, 0.4) is 0 Å². The number of carbonyl (C=O) groups excluding carboxylic acids is 1. The number of hydrogen-bond acceptors (Lipinski definition) is 7. The van der Waals surface area contributed by atoms with Crippen LogP contribution in [-0.4, -0.2) is 42.0 Å². The Kier molecular flexibility index (Phi) is 4.52. The van der Waals surface area contributed by atoms with E-state index in [9.17, 15) is 23.1 Å². The summed E-state index contributed by atoms with van der Waals surface area (Å²) < 4.78 is 23.7. The van der Waals surface area contributed by atoms with Gasteiger partial charge in [-0.05, 0) is 18.2 Å². The number of allylic oxidation sites excluding steroid dienone is 1. The van der Waals surface area contributed by atoms with Crippen molar-refractivity contribution >= 4 is 50.6 Å². The lowest BCUT2D eigenvalue weighted by atomic mass is 10.1. The minimum Gasteiger partial charge on any atom is -0.493 e. The van der Waals surface area contributed by atoms with E-state index in [0.717, 1.165) is 38.1 Å². The minimum absolute atomic E-state index is 0.209. The summed E-state index contributed by atoms with van der Waals surface area (Å²) in [6.07, 6.45) is 4.69. The number of aromatic hydroxyl groups is 1. The summed E-state index contributed by atoms with van der Waals surface area (Å²) in [6.45, 7) is -0.403. The topological polar surface area (TPSA) is 118 Å². The fourth-order valence-corrected chi connectivity index (χ4v) is 5.08. The molecule has 144 valence electrons. The lowest BCUT2D eigenvalue weighted by molar-refractivity contribution is -0.122. The van der Waals surface area contributed by atoms with Crippen LogP contribution >= 0.6 is 11.3 Å². The van der Waals surface area contributed by atoms with E-state index in [0.29, 0.717) is 4.88 Å². The van der Waals surface area contributed by atoms with E-state index in [-0.39, 0.29) is 11.6 Å². The highest BCUT2D eigenvalue weighted by molar-refractivity contribution is 7.94. The van der Waals surface area contributed by atoms with Crippen LogP contribution < -0.4 is 10.2 Å². The standard InChI is InChI=1S/C18H15N3O5S2/c22-16(20-12-5-6-28(25,26)10-12)9-21-17(23)15(27-18(21)24)7-11-8-19-14-4-2-1-3-13(11)14/h1-8,12,23H,9-10H2,(H,20,22)/b11-7+. The summed E-state index contributed by atoms with van der Waals surface area (Å²) in [7, 11) is -3.30. The molecule has 2 aromatic rings. The Labute approximate surface area is 164 Å². The quantitative estimate of drug-likeness (QED) is 0.777. The molecule has 0 saturated carbocycles. The number of rotatable bonds is 4. The summed E-state index contributed by atoms with van der Waals surface area (Å²) in [4.78, 5) is 28.5. The van der Waals surface area contributed by atoms with E-state index < -0.39 is 33.2 Å². The van der Waals surface area contributed by atoms with Gasteiger partial charge in [-0.1, -0.05) is 29.5 Å². The first-order valence-corrected chi connectivity index (χ1v) is 10.8. The first kappa shape index (κ1) is 18.4. The molecule has 8 nitrogen and oxygen atoms in total. The van der Waals surface area contributed by atoms with Crippen LogP contribution in [0.2, 0.25) is 0 Å². The third-order valence-electron chi connectivity index (χ3n) is 4.32. The van der Waals surface area contributed by atoms with Gasteiger partial charge in [0.05, 0.1) is 22.4 Å². The van der Waals surface area contributed by atoms with E-state index in [1.165, 1.54) is 6.08 Å². The maximum absolute atomic E-state index is 12.2. The maximum atomic E-state index is 12.2. The normalized spacial score (nSPS) is 20.6. The molecule has 2 N–H and O–H groups in total. The molecule has 0 spiro atoms. The van der Waals surface area contributed by atoms with Gasteiger partial charge in [0, 0.05) is 22.8 Å². The molecule has 0 fully saturated rings. The van der Waals surface area contributed by atoms with E-state index >= 15 is 0 Å². The number of thiazole rings is 1. The van der Waals surface area contributed by atoms with Crippen LogP contribution in [0.5, 0.6) is 5.88 Å². The van der Waals surface area contributed by atoms with Gasteiger partial charge in [0.15, 0.2) is 9.84 Å². The predicted molar refractivity (Wildman–Crippen MR) is 108 cm³/mol. The zero-order valence-electron chi connectivity index (χ0n) is 14.4.